The van der Waals surface area contributed by atoms with Crippen molar-refractivity contribution in [2.75, 3.05) is 0 Å². The summed E-state index contributed by atoms with van der Waals surface area (Å²) in [5.74, 6) is 0.766. The molecule has 5 nitrogen and oxygen atoms in total. The fraction of sp³-hybridized carbons (Fsp3) is 0.385. The third kappa shape index (κ3) is 3.19. The van der Waals surface area contributed by atoms with Crippen LogP contribution in [0.5, 0.6) is 0 Å². The maximum atomic E-state index is 11.3. The molecule has 1 N–H and O–H groups in total. The number of rotatable bonds is 5. The third-order valence-corrected chi connectivity index (χ3v) is 4.40. The van der Waals surface area contributed by atoms with Crippen molar-refractivity contribution < 1.29 is 8.42 Å². The number of benzene rings is 1. The first-order valence-electron chi connectivity index (χ1n) is 6.35. The van der Waals surface area contributed by atoms with Gasteiger partial charge in [-0.3, -0.25) is 5.10 Å². The monoisotopic (exact) mass is 313 g/mol. The van der Waals surface area contributed by atoms with E-state index in [0.29, 0.717) is 5.82 Å². The molecule has 0 aliphatic rings. The quantitative estimate of drug-likeness (QED) is 0.861. The number of nitrogens with zero attached hydrogens (tertiary/aromatic N) is 2. The molecule has 20 heavy (non-hydrogen) atoms. The molecule has 0 amide bonds. The molecule has 0 aliphatic heterocycles. The number of aromatic amines is 1. The highest BCUT2D eigenvalue weighted by Gasteiger charge is 2.26. The highest BCUT2D eigenvalue weighted by atomic mass is 35.7. The van der Waals surface area contributed by atoms with Crippen LogP contribution in [0.15, 0.2) is 35.5 Å². The number of hydrogen-bond acceptors (Lipinski definition) is 4. The molecule has 108 valence electrons. The molecular formula is C13H16ClN3O2S. The molecule has 0 radical (unpaired) electrons. The van der Waals surface area contributed by atoms with Gasteiger partial charge in [-0.15, -0.1) is 5.10 Å². The molecule has 2 aromatic rings. The average molecular weight is 314 g/mol. The Labute approximate surface area is 122 Å². The topological polar surface area (TPSA) is 75.7 Å². The van der Waals surface area contributed by atoms with Crippen molar-refractivity contribution in [2.24, 2.45) is 5.92 Å². The SMILES string of the molecule is CCC(C)C(c1ccccc1)c1nc(S(=O)(=O)Cl)n[nH]1. The third-order valence-electron chi connectivity index (χ3n) is 3.37. The van der Waals surface area contributed by atoms with Crippen LogP contribution in [0.2, 0.25) is 0 Å². The van der Waals surface area contributed by atoms with Crippen molar-refractivity contribution in [3.63, 3.8) is 0 Å². The van der Waals surface area contributed by atoms with E-state index in [-0.39, 0.29) is 17.0 Å². The van der Waals surface area contributed by atoms with E-state index in [1.807, 2.05) is 30.3 Å². The van der Waals surface area contributed by atoms with Crippen LogP contribution in [-0.2, 0) is 9.05 Å². The predicted octanol–water partition coefficient (Wildman–Crippen LogP) is 2.91. The molecule has 0 aliphatic carbocycles. The Kier molecular flexibility index (Phi) is 4.45. The molecular weight excluding hydrogens is 298 g/mol. The lowest BCUT2D eigenvalue weighted by Crippen LogP contribution is -2.12. The molecule has 2 atom stereocenters. The van der Waals surface area contributed by atoms with Crippen LogP contribution in [-0.4, -0.2) is 23.6 Å². The molecule has 0 saturated heterocycles. The van der Waals surface area contributed by atoms with Gasteiger partial charge in [-0.05, 0) is 11.5 Å². The van der Waals surface area contributed by atoms with Gasteiger partial charge in [-0.25, -0.2) is 13.4 Å². The molecule has 0 spiro atoms. The minimum absolute atomic E-state index is 0.0409. The van der Waals surface area contributed by atoms with Crippen LogP contribution >= 0.6 is 10.7 Å². The Morgan fingerprint density at radius 1 is 1.30 bits per heavy atom. The summed E-state index contributed by atoms with van der Waals surface area (Å²) in [6.07, 6.45) is 0.934. The maximum Gasteiger partial charge on any atom is 0.298 e. The van der Waals surface area contributed by atoms with Crippen molar-refractivity contribution in [1.29, 1.82) is 0 Å². The average Bonchev–Trinajstić information content (AvgIpc) is 2.89. The van der Waals surface area contributed by atoms with Gasteiger partial charge in [0, 0.05) is 16.6 Å². The molecule has 2 unspecified atom stereocenters. The standard InChI is InChI=1S/C13H16ClN3O2S/c1-3-9(2)11(10-7-5-4-6-8-10)12-15-13(17-16-12)20(14,18)19/h4-9,11H,3H2,1-2H3,(H,15,16,17). The fourth-order valence-corrected chi connectivity index (χ4v) is 2.73. The number of halogens is 1. The van der Waals surface area contributed by atoms with E-state index in [1.54, 1.807) is 0 Å². The van der Waals surface area contributed by atoms with E-state index in [2.05, 4.69) is 29.0 Å². The smallest absolute Gasteiger partial charge is 0.261 e. The molecule has 0 saturated carbocycles. The molecule has 1 aromatic carbocycles. The second-order valence-corrected chi connectivity index (χ2v) is 7.17. The van der Waals surface area contributed by atoms with Gasteiger partial charge in [0.2, 0.25) is 0 Å². The first kappa shape index (κ1) is 15.0. The number of aromatic nitrogens is 3. The fourth-order valence-electron chi connectivity index (χ4n) is 2.16. The summed E-state index contributed by atoms with van der Waals surface area (Å²) >= 11 is 0. The van der Waals surface area contributed by atoms with Crippen molar-refractivity contribution >= 4 is 19.7 Å². The second-order valence-electron chi connectivity index (χ2n) is 4.71. The van der Waals surface area contributed by atoms with Gasteiger partial charge in [0.15, 0.2) is 0 Å². The molecule has 7 heteroatoms. The van der Waals surface area contributed by atoms with Crippen LogP contribution in [0, 0.1) is 5.92 Å². The molecule has 1 heterocycles. The van der Waals surface area contributed by atoms with Gasteiger partial charge in [-0.1, -0.05) is 50.6 Å². The summed E-state index contributed by atoms with van der Waals surface area (Å²) in [6, 6.07) is 9.81. The van der Waals surface area contributed by atoms with Gasteiger partial charge in [0.1, 0.15) is 5.82 Å². The zero-order chi connectivity index (χ0) is 14.8. The second kappa shape index (κ2) is 5.93. The van der Waals surface area contributed by atoms with Gasteiger partial charge < -0.3 is 0 Å². The molecule has 0 bridgehead atoms. The lowest BCUT2D eigenvalue weighted by Gasteiger charge is -2.20. The molecule has 0 fully saturated rings. The van der Waals surface area contributed by atoms with Crippen LogP contribution in [0.25, 0.3) is 0 Å². The van der Waals surface area contributed by atoms with E-state index in [0.717, 1.165) is 12.0 Å². The minimum Gasteiger partial charge on any atom is -0.261 e. The Morgan fingerprint density at radius 3 is 2.45 bits per heavy atom. The number of hydrogen-bond donors (Lipinski definition) is 1. The van der Waals surface area contributed by atoms with E-state index in [1.165, 1.54) is 0 Å². The maximum absolute atomic E-state index is 11.3. The summed E-state index contributed by atoms with van der Waals surface area (Å²) in [5, 5.41) is 6.02. The van der Waals surface area contributed by atoms with Crippen molar-refractivity contribution in [3.8, 4) is 0 Å². The van der Waals surface area contributed by atoms with E-state index in [9.17, 15) is 8.42 Å². The number of H-pyrrole nitrogens is 1. The van der Waals surface area contributed by atoms with Crippen molar-refractivity contribution in [1.82, 2.24) is 15.2 Å². The van der Waals surface area contributed by atoms with Gasteiger partial charge in [0.05, 0.1) is 0 Å². The van der Waals surface area contributed by atoms with Crippen LogP contribution in [0.1, 0.15) is 37.6 Å². The summed E-state index contributed by atoms with van der Waals surface area (Å²) in [6.45, 7) is 4.17. The summed E-state index contributed by atoms with van der Waals surface area (Å²) in [7, 11) is 1.35. The minimum atomic E-state index is -3.91. The van der Waals surface area contributed by atoms with E-state index >= 15 is 0 Å². The van der Waals surface area contributed by atoms with Gasteiger partial charge in [0.25, 0.3) is 14.2 Å². The normalized spacial score (nSPS) is 14.9. The zero-order valence-electron chi connectivity index (χ0n) is 11.2. The Morgan fingerprint density at radius 2 is 1.95 bits per heavy atom. The Balaban J connectivity index is 2.45. The molecule has 1 aromatic heterocycles. The predicted molar refractivity (Wildman–Crippen MR) is 77.2 cm³/mol. The zero-order valence-corrected chi connectivity index (χ0v) is 12.8. The van der Waals surface area contributed by atoms with Gasteiger partial charge >= 0.3 is 0 Å². The molecule has 2 rings (SSSR count). The summed E-state index contributed by atoms with van der Waals surface area (Å²) < 4.78 is 22.5. The van der Waals surface area contributed by atoms with Crippen molar-refractivity contribution in [2.45, 2.75) is 31.3 Å². The Hall–Kier alpha value is -1.40. The van der Waals surface area contributed by atoms with E-state index in [4.69, 9.17) is 10.7 Å². The highest BCUT2D eigenvalue weighted by Crippen LogP contribution is 2.32. The van der Waals surface area contributed by atoms with Crippen LogP contribution in [0.4, 0.5) is 0 Å². The van der Waals surface area contributed by atoms with Crippen LogP contribution in [0.3, 0.4) is 0 Å². The lowest BCUT2D eigenvalue weighted by molar-refractivity contribution is 0.479. The summed E-state index contributed by atoms with van der Waals surface area (Å²) in [4.78, 5) is 4.04. The number of nitrogens with one attached hydrogen (secondary N) is 1. The van der Waals surface area contributed by atoms with Gasteiger partial charge in [-0.2, -0.15) is 0 Å². The van der Waals surface area contributed by atoms with E-state index < -0.39 is 9.05 Å². The largest absolute Gasteiger partial charge is 0.298 e. The first-order valence-corrected chi connectivity index (χ1v) is 8.66. The highest BCUT2D eigenvalue weighted by molar-refractivity contribution is 8.13. The van der Waals surface area contributed by atoms with Crippen LogP contribution < -0.4 is 0 Å². The summed E-state index contributed by atoms with van der Waals surface area (Å²) in [5.41, 5.74) is 1.07. The lowest BCUT2D eigenvalue weighted by atomic mass is 9.85. The Bertz CT molecular complexity index is 670. The van der Waals surface area contributed by atoms with Crippen molar-refractivity contribution in [3.05, 3.63) is 41.7 Å². The first-order chi connectivity index (χ1) is 9.43.